The SMILES string of the molecule is [2H]C([2H])c1ccc(-c2ccnc(-c3[c-]c(-c4cccc5c4nc(-c4cc6c7ccccc7n(-c7ccccc7)c6cc4O)n5-c4ccc(C(C)(C)C)cc4-c4ccccc4)cc(C(C)(C)C)c3)c2)cc1.[Pt]. The van der Waals surface area contributed by atoms with E-state index in [1.807, 2.05) is 66.9 Å². The molecular formula is C63H53N4OPt-. The molecule has 11 aromatic rings. The van der Waals surface area contributed by atoms with Crippen LogP contribution in [0.3, 0.4) is 0 Å². The fourth-order valence-electron chi connectivity index (χ4n) is 9.55. The van der Waals surface area contributed by atoms with E-state index in [0.29, 0.717) is 17.0 Å². The zero-order chi connectivity index (χ0) is 48.5. The molecule has 69 heavy (non-hydrogen) atoms. The van der Waals surface area contributed by atoms with Crippen molar-refractivity contribution in [3.05, 3.63) is 211 Å². The van der Waals surface area contributed by atoms with Crippen molar-refractivity contribution >= 4 is 32.8 Å². The number of phenols is 1. The molecule has 0 radical (unpaired) electrons. The smallest absolute Gasteiger partial charge is 0.148 e. The number of aromatic nitrogens is 4. The van der Waals surface area contributed by atoms with Crippen molar-refractivity contribution in [1.82, 2.24) is 19.1 Å². The number of aromatic hydroxyl groups is 1. The molecule has 0 unspecified atom stereocenters. The maximum Gasteiger partial charge on any atom is 0.148 e. The first-order valence-electron chi connectivity index (χ1n) is 24.4. The van der Waals surface area contributed by atoms with Crippen LogP contribution in [0, 0.1) is 12.9 Å². The van der Waals surface area contributed by atoms with E-state index in [1.165, 1.54) is 5.56 Å². The maximum atomic E-state index is 12.5. The van der Waals surface area contributed by atoms with Crippen LogP contribution in [-0.2, 0) is 31.9 Å². The number of rotatable bonds is 7. The summed E-state index contributed by atoms with van der Waals surface area (Å²) in [5.41, 5.74) is 16.4. The van der Waals surface area contributed by atoms with Crippen molar-refractivity contribution < 1.29 is 28.9 Å². The molecule has 342 valence electrons. The summed E-state index contributed by atoms with van der Waals surface area (Å²) in [6, 6.07) is 66.3. The van der Waals surface area contributed by atoms with Gasteiger partial charge in [-0.1, -0.05) is 173 Å². The van der Waals surface area contributed by atoms with Gasteiger partial charge < -0.3 is 9.67 Å². The van der Waals surface area contributed by atoms with Crippen molar-refractivity contribution in [1.29, 1.82) is 0 Å². The Hall–Kier alpha value is -7.33. The van der Waals surface area contributed by atoms with Gasteiger partial charge in [0.1, 0.15) is 11.6 Å². The molecule has 11 rings (SSSR count). The number of benzene rings is 8. The Morgan fingerprint density at radius 1 is 0.522 bits per heavy atom. The zero-order valence-electron chi connectivity index (χ0n) is 41.5. The van der Waals surface area contributed by atoms with Gasteiger partial charge >= 0.3 is 0 Å². The third kappa shape index (κ3) is 8.29. The van der Waals surface area contributed by atoms with Gasteiger partial charge in [0, 0.05) is 63.8 Å². The second-order valence-corrected chi connectivity index (χ2v) is 19.9. The van der Waals surface area contributed by atoms with E-state index >= 15 is 0 Å². The van der Waals surface area contributed by atoms with Crippen molar-refractivity contribution in [2.75, 3.05) is 0 Å². The summed E-state index contributed by atoms with van der Waals surface area (Å²) in [7, 11) is 0. The number of imidazole rings is 1. The average Bonchev–Trinajstić information content (AvgIpc) is 3.91. The molecule has 0 saturated heterocycles. The van der Waals surface area contributed by atoms with Gasteiger partial charge in [-0.2, -0.15) is 0 Å². The van der Waals surface area contributed by atoms with Crippen LogP contribution in [0.1, 0.15) is 61.0 Å². The predicted octanol–water partition coefficient (Wildman–Crippen LogP) is 16.3. The number of phenolic OH excluding ortho intramolecular Hbond substituents is 1. The molecular weight excluding hydrogens is 1020 g/mol. The van der Waals surface area contributed by atoms with Gasteiger partial charge in [-0.3, -0.25) is 9.55 Å². The molecule has 0 aliphatic rings. The summed E-state index contributed by atoms with van der Waals surface area (Å²) in [4.78, 5) is 10.6. The summed E-state index contributed by atoms with van der Waals surface area (Å²) in [6.45, 7) is 12.4. The van der Waals surface area contributed by atoms with E-state index in [4.69, 9.17) is 12.7 Å². The Labute approximate surface area is 421 Å². The Bertz CT molecular complexity index is 3770. The molecule has 0 saturated carbocycles. The molecule has 3 aromatic heterocycles. The molecule has 8 aromatic carbocycles. The fraction of sp³-hybridized carbons (Fsp3) is 0.143. The fourth-order valence-corrected chi connectivity index (χ4v) is 9.55. The number of pyridine rings is 1. The van der Waals surface area contributed by atoms with Crippen LogP contribution in [0.4, 0.5) is 0 Å². The van der Waals surface area contributed by atoms with Crippen LogP contribution in [0.5, 0.6) is 5.75 Å². The van der Waals surface area contributed by atoms with Crippen LogP contribution in [0.2, 0.25) is 0 Å². The minimum Gasteiger partial charge on any atom is -0.507 e. The number of fused-ring (bicyclic) bond motifs is 4. The van der Waals surface area contributed by atoms with E-state index in [0.717, 1.165) is 94.4 Å². The molecule has 3 heterocycles. The van der Waals surface area contributed by atoms with Gasteiger partial charge in [-0.05, 0) is 88.5 Å². The van der Waals surface area contributed by atoms with Gasteiger partial charge in [0.15, 0.2) is 0 Å². The third-order valence-electron chi connectivity index (χ3n) is 13.2. The molecule has 0 fully saturated rings. The Kier molecular flexibility index (Phi) is 11.0. The monoisotopic (exact) mass is 1080 g/mol. The molecule has 6 heteroatoms. The molecule has 0 aliphatic heterocycles. The first-order chi connectivity index (χ1) is 33.7. The van der Waals surface area contributed by atoms with Crippen LogP contribution in [-0.4, -0.2) is 24.2 Å². The molecule has 0 aliphatic carbocycles. The Balaban J connectivity index is 0.00000582. The number of hydrogen-bond acceptors (Lipinski definition) is 3. The van der Waals surface area contributed by atoms with Crippen LogP contribution in [0.15, 0.2) is 188 Å². The predicted molar refractivity (Wildman–Crippen MR) is 283 cm³/mol. The molecule has 5 nitrogen and oxygen atoms in total. The van der Waals surface area contributed by atoms with E-state index in [1.54, 1.807) is 0 Å². The zero-order valence-corrected chi connectivity index (χ0v) is 41.8. The Morgan fingerprint density at radius 2 is 1.22 bits per heavy atom. The van der Waals surface area contributed by atoms with Crippen LogP contribution in [0.25, 0.3) is 100 Å². The topological polar surface area (TPSA) is 55.9 Å². The standard InChI is InChI=1S/C63H53N4O.Pt/c1-40-25-27-41(28-26-40)43-31-32-64-54(36-43)45-33-44(34-47(35-45)63(5,6)7)49-22-16-24-57-60(49)65-61(67(57)56-30-29-46(62(2,3)4)37-51(56)42-17-10-8-11-18-42)53-38-52-50-21-14-15-23-55(50)66(58(52)39-59(53)68)48-19-12-9-13-20-48;/h8-32,34-39,68H,1-7H3;/q-1;/i1D2;. The van der Waals surface area contributed by atoms with Gasteiger partial charge in [0.2, 0.25) is 0 Å². The number of para-hydroxylation sites is 3. The van der Waals surface area contributed by atoms with Gasteiger partial charge in [-0.25, -0.2) is 4.98 Å². The van der Waals surface area contributed by atoms with Crippen molar-refractivity contribution in [3.8, 4) is 73.2 Å². The molecule has 0 amide bonds. The third-order valence-corrected chi connectivity index (χ3v) is 13.2. The quantitative estimate of drug-likeness (QED) is 0.162. The second-order valence-electron chi connectivity index (χ2n) is 19.9. The van der Waals surface area contributed by atoms with Crippen LogP contribution < -0.4 is 0 Å². The van der Waals surface area contributed by atoms with Crippen molar-refractivity contribution in [3.63, 3.8) is 0 Å². The summed E-state index contributed by atoms with van der Waals surface area (Å²) in [5.74, 6) is 0.746. The largest absolute Gasteiger partial charge is 0.507 e. The molecule has 0 atom stereocenters. The maximum absolute atomic E-state index is 12.5. The van der Waals surface area contributed by atoms with E-state index in [-0.39, 0.29) is 37.6 Å². The van der Waals surface area contributed by atoms with E-state index in [9.17, 15) is 5.11 Å². The van der Waals surface area contributed by atoms with Crippen LogP contribution >= 0.6 is 0 Å². The van der Waals surface area contributed by atoms with Gasteiger partial charge in [-0.15, -0.1) is 29.3 Å². The molecule has 1 N–H and O–H groups in total. The Morgan fingerprint density at radius 3 is 1.96 bits per heavy atom. The van der Waals surface area contributed by atoms with Crippen molar-refractivity contribution in [2.24, 2.45) is 0 Å². The van der Waals surface area contributed by atoms with Gasteiger partial charge in [0.25, 0.3) is 0 Å². The summed E-state index contributed by atoms with van der Waals surface area (Å²) in [5, 5.41) is 14.6. The average molecular weight is 1080 g/mol. The van der Waals surface area contributed by atoms with E-state index in [2.05, 4.69) is 178 Å². The van der Waals surface area contributed by atoms with E-state index < -0.39 is 6.88 Å². The minimum atomic E-state index is -1.04. The summed E-state index contributed by atoms with van der Waals surface area (Å²) < 4.78 is 20.2. The number of nitrogens with zero attached hydrogens (tertiary/aromatic N) is 4. The van der Waals surface area contributed by atoms with Crippen molar-refractivity contribution in [2.45, 2.75) is 59.2 Å². The van der Waals surface area contributed by atoms with Gasteiger partial charge in [0.05, 0.1) is 33.3 Å². The number of aryl methyl sites for hydroxylation is 1. The first-order valence-corrected chi connectivity index (χ1v) is 23.2. The minimum absolute atomic E-state index is 0. The molecule has 0 spiro atoms. The first kappa shape index (κ1) is 43.0. The summed E-state index contributed by atoms with van der Waals surface area (Å²) >= 11 is 0. The summed E-state index contributed by atoms with van der Waals surface area (Å²) in [6.07, 6.45) is 1.83. The second kappa shape index (κ2) is 17.6. The molecule has 0 bridgehead atoms. The number of hydrogen-bond donors (Lipinski definition) is 1. The normalized spacial score (nSPS) is 12.4.